The molecule has 2 heterocycles. The molecule has 0 radical (unpaired) electrons. The number of amides is 2. The molecule has 2 N–H and O–H groups in total. The Morgan fingerprint density at radius 1 is 1.23 bits per heavy atom. The fraction of sp³-hybridized carbons (Fsp3) is 0.200. The van der Waals surface area contributed by atoms with Crippen molar-refractivity contribution < 1.29 is 14.3 Å². The van der Waals surface area contributed by atoms with Crippen LogP contribution in [0, 0.1) is 0 Å². The van der Waals surface area contributed by atoms with Gasteiger partial charge in [-0.05, 0) is 31.2 Å². The van der Waals surface area contributed by atoms with Gasteiger partial charge >= 0.3 is 0 Å². The SMILES string of the molecule is CCOc1ccccc1Nc1nnc(SCC(=O)N2CC(=O)Nc3ccccc32)s1. The van der Waals surface area contributed by atoms with Gasteiger partial charge in [-0.25, -0.2) is 0 Å². The molecule has 0 atom stereocenters. The van der Waals surface area contributed by atoms with Gasteiger partial charge in [-0.2, -0.15) is 0 Å². The van der Waals surface area contributed by atoms with Crippen molar-refractivity contribution in [2.45, 2.75) is 11.3 Å². The molecule has 1 aliphatic heterocycles. The van der Waals surface area contributed by atoms with Gasteiger partial charge in [-0.3, -0.25) is 9.59 Å². The molecule has 1 aromatic heterocycles. The van der Waals surface area contributed by atoms with E-state index in [0.29, 0.717) is 27.5 Å². The fourth-order valence-electron chi connectivity index (χ4n) is 2.94. The smallest absolute Gasteiger partial charge is 0.244 e. The van der Waals surface area contributed by atoms with Gasteiger partial charge in [0, 0.05) is 0 Å². The van der Waals surface area contributed by atoms with Crippen LogP contribution in [0.15, 0.2) is 52.9 Å². The van der Waals surface area contributed by atoms with Gasteiger partial charge in [-0.15, -0.1) is 10.2 Å². The van der Waals surface area contributed by atoms with Crippen LogP contribution >= 0.6 is 23.1 Å². The van der Waals surface area contributed by atoms with Gasteiger partial charge < -0.3 is 20.3 Å². The molecule has 2 amide bonds. The van der Waals surface area contributed by atoms with E-state index in [2.05, 4.69) is 20.8 Å². The van der Waals surface area contributed by atoms with Crippen LogP contribution in [0.2, 0.25) is 0 Å². The fourth-order valence-corrected chi connectivity index (χ4v) is 4.58. The Morgan fingerprint density at radius 2 is 2.03 bits per heavy atom. The summed E-state index contributed by atoms with van der Waals surface area (Å²) in [4.78, 5) is 26.2. The van der Waals surface area contributed by atoms with Crippen LogP contribution in [-0.4, -0.2) is 40.9 Å². The second kappa shape index (κ2) is 9.14. The first-order valence-electron chi connectivity index (χ1n) is 9.28. The summed E-state index contributed by atoms with van der Waals surface area (Å²) in [6.45, 7) is 2.50. The minimum absolute atomic E-state index is 0.00748. The van der Waals surface area contributed by atoms with E-state index in [1.807, 2.05) is 49.4 Å². The molecule has 0 fully saturated rings. The first kappa shape index (κ1) is 20.2. The zero-order valence-electron chi connectivity index (χ0n) is 16.1. The molecule has 0 bridgehead atoms. The number of carbonyl (C=O) groups is 2. The number of nitrogens with one attached hydrogen (secondary N) is 2. The lowest BCUT2D eigenvalue weighted by atomic mass is 10.2. The highest BCUT2D eigenvalue weighted by Crippen LogP contribution is 2.33. The summed E-state index contributed by atoms with van der Waals surface area (Å²) in [5.41, 5.74) is 2.15. The Balaban J connectivity index is 1.39. The van der Waals surface area contributed by atoms with Gasteiger partial charge in [0.1, 0.15) is 12.3 Å². The summed E-state index contributed by atoms with van der Waals surface area (Å²) in [5, 5.41) is 14.9. The Hall–Kier alpha value is -3.11. The molecule has 2 aromatic carbocycles. The highest BCUT2D eigenvalue weighted by atomic mass is 32.2. The maximum Gasteiger partial charge on any atom is 0.244 e. The van der Waals surface area contributed by atoms with Gasteiger partial charge in [-0.1, -0.05) is 47.4 Å². The first-order chi connectivity index (χ1) is 14.6. The van der Waals surface area contributed by atoms with Crippen molar-refractivity contribution >= 4 is 57.1 Å². The number of hydrogen-bond donors (Lipinski definition) is 2. The maximum absolute atomic E-state index is 12.7. The second-order valence-corrected chi connectivity index (χ2v) is 8.46. The van der Waals surface area contributed by atoms with Crippen LogP contribution in [-0.2, 0) is 9.59 Å². The average molecular weight is 442 g/mol. The Kier molecular flexibility index (Phi) is 6.15. The largest absolute Gasteiger partial charge is 0.492 e. The number of nitrogens with zero attached hydrogens (tertiary/aromatic N) is 3. The van der Waals surface area contributed by atoms with E-state index >= 15 is 0 Å². The number of benzene rings is 2. The van der Waals surface area contributed by atoms with Crippen LogP contribution < -0.4 is 20.3 Å². The molecular weight excluding hydrogens is 422 g/mol. The predicted molar refractivity (Wildman–Crippen MR) is 119 cm³/mol. The van der Waals surface area contributed by atoms with Crippen molar-refractivity contribution in [2.75, 3.05) is 34.4 Å². The molecule has 4 rings (SSSR count). The Labute approximate surface area is 181 Å². The van der Waals surface area contributed by atoms with E-state index in [0.717, 1.165) is 11.4 Å². The van der Waals surface area contributed by atoms with Crippen molar-refractivity contribution in [3.8, 4) is 5.75 Å². The molecule has 3 aromatic rings. The molecule has 0 saturated carbocycles. The van der Waals surface area contributed by atoms with Gasteiger partial charge in [0.05, 0.1) is 29.4 Å². The summed E-state index contributed by atoms with van der Waals surface area (Å²) in [7, 11) is 0. The van der Waals surface area contributed by atoms with Crippen LogP contribution in [0.25, 0.3) is 0 Å². The molecule has 0 aliphatic carbocycles. The summed E-state index contributed by atoms with van der Waals surface area (Å²) in [6, 6.07) is 14.9. The van der Waals surface area contributed by atoms with Gasteiger partial charge in [0.15, 0.2) is 4.34 Å². The molecular formula is C20H19N5O3S2. The third-order valence-corrected chi connectivity index (χ3v) is 6.18. The molecule has 30 heavy (non-hydrogen) atoms. The minimum atomic E-state index is -0.206. The summed E-state index contributed by atoms with van der Waals surface area (Å²) in [5.74, 6) is 0.531. The van der Waals surface area contributed by atoms with Crippen molar-refractivity contribution in [3.05, 3.63) is 48.5 Å². The van der Waals surface area contributed by atoms with Crippen molar-refractivity contribution in [3.63, 3.8) is 0 Å². The number of thioether (sulfide) groups is 1. The Bertz CT molecular complexity index is 1070. The zero-order chi connectivity index (χ0) is 20.9. The average Bonchev–Trinajstić information content (AvgIpc) is 3.20. The summed E-state index contributed by atoms with van der Waals surface area (Å²) < 4.78 is 6.27. The molecule has 0 spiro atoms. The molecule has 8 nitrogen and oxygen atoms in total. The molecule has 1 aliphatic rings. The van der Waals surface area contributed by atoms with Crippen LogP contribution in [0.5, 0.6) is 5.75 Å². The van der Waals surface area contributed by atoms with Crippen LogP contribution in [0.1, 0.15) is 6.92 Å². The van der Waals surface area contributed by atoms with Gasteiger partial charge in [0.25, 0.3) is 0 Å². The number of aromatic nitrogens is 2. The van der Waals surface area contributed by atoms with Crippen LogP contribution in [0.4, 0.5) is 22.2 Å². The second-order valence-electron chi connectivity index (χ2n) is 6.26. The number of ether oxygens (including phenoxy) is 1. The topological polar surface area (TPSA) is 96.4 Å². The quantitative estimate of drug-likeness (QED) is 0.539. The molecule has 154 valence electrons. The highest BCUT2D eigenvalue weighted by molar-refractivity contribution is 8.01. The van der Waals surface area contributed by atoms with Crippen LogP contribution in [0.3, 0.4) is 0 Å². The first-order valence-corrected chi connectivity index (χ1v) is 11.1. The lowest BCUT2D eigenvalue weighted by Gasteiger charge is -2.28. The lowest BCUT2D eigenvalue weighted by molar-refractivity contribution is -0.120. The van der Waals surface area contributed by atoms with E-state index in [-0.39, 0.29) is 24.1 Å². The number of carbonyl (C=O) groups excluding carboxylic acids is 2. The number of rotatable bonds is 7. The van der Waals surface area contributed by atoms with Crippen molar-refractivity contribution in [1.82, 2.24) is 10.2 Å². The molecule has 10 heteroatoms. The third-order valence-electron chi connectivity index (χ3n) is 4.23. The number of anilines is 4. The lowest BCUT2D eigenvalue weighted by Crippen LogP contribution is -2.43. The summed E-state index contributed by atoms with van der Waals surface area (Å²) >= 11 is 2.65. The minimum Gasteiger partial charge on any atom is -0.492 e. The molecule has 0 unspecified atom stereocenters. The zero-order valence-corrected chi connectivity index (χ0v) is 17.8. The van der Waals surface area contributed by atoms with Gasteiger partial charge in [0.2, 0.25) is 16.9 Å². The van der Waals surface area contributed by atoms with E-state index in [1.54, 1.807) is 6.07 Å². The standard InChI is InChI=1S/C20H19N5O3S2/c1-2-28-16-10-6-4-8-14(16)22-19-23-24-20(30-19)29-12-18(27)25-11-17(26)21-13-7-3-5-9-15(13)25/h3-10H,2,11-12H2,1H3,(H,21,26)(H,22,23). The van der Waals surface area contributed by atoms with Crippen molar-refractivity contribution in [1.29, 1.82) is 0 Å². The van der Waals surface area contributed by atoms with E-state index < -0.39 is 0 Å². The molecule has 0 saturated heterocycles. The van der Waals surface area contributed by atoms with E-state index in [1.165, 1.54) is 28.0 Å². The normalized spacial score (nSPS) is 12.8. The Morgan fingerprint density at radius 3 is 2.90 bits per heavy atom. The van der Waals surface area contributed by atoms with E-state index in [9.17, 15) is 9.59 Å². The third kappa shape index (κ3) is 4.55. The number of para-hydroxylation sites is 4. The van der Waals surface area contributed by atoms with Crippen molar-refractivity contribution in [2.24, 2.45) is 0 Å². The van der Waals surface area contributed by atoms with E-state index in [4.69, 9.17) is 4.74 Å². The predicted octanol–water partition coefficient (Wildman–Crippen LogP) is 3.76. The highest BCUT2D eigenvalue weighted by Gasteiger charge is 2.26. The monoisotopic (exact) mass is 441 g/mol. The summed E-state index contributed by atoms with van der Waals surface area (Å²) in [6.07, 6.45) is 0. The maximum atomic E-state index is 12.7. The number of fused-ring (bicyclic) bond motifs is 1. The number of hydrogen-bond acceptors (Lipinski definition) is 8.